The van der Waals surface area contributed by atoms with Crippen molar-refractivity contribution in [3.63, 3.8) is 0 Å². The first-order chi connectivity index (χ1) is 8.94. The summed E-state index contributed by atoms with van der Waals surface area (Å²) in [5.74, 6) is -0.698. The fourth-order valence-electron chi connectivity index (χ4n) is 3.30. The van der Waals surface area contributed by atoms with Crippen molar-refractivity contribution in [1.82, 2.24) is 4.90 Å². The Hall–Kier alpha value is -1.10. The average molecular weight is 268 g/mol. The van der Waals surface area contributed by atoms with Gasteiger partial charge in [-0.3, -0.25) is 4.79 Å². The Morgan fingerprint density at radius 2 is 1.89 bits per heavy atom. The molecule has 1 saturated carbocycles. The molecule has 2 rings (SSSR count). The monoisotopic (exact) mass is 268 g/mol. The van der Waals surface area contributed by atoms with Crippen molar-refractivity contribution in [3.05, 3.63) is 0 Å². The van der Waals surface area contributed by atoms with Crippen molar-refractivity contribution in [1.29, 1.82) is 0 Å². The topological polar surface area (TPSA) is 83.6 Å². The van der Waals surface area contributed by atoms with Gasteiger partial charge in [-0.2, -0.15) is 0 Å². The van der Waals surface area contributed by atoms with Gasteiger partial charge in [0.05, 0.1) is 5.54 Å². The van der Waals surface area contributed by atoms with Gasteiger partial charge in [0.2, 0.25) is 5.91 Å². The molecule has 0 aromatic carbocycles. The molecule has 1 heterocycles. The minimum Gasteiger partial charge on any atom is -0.480 e. The van der Waals surface area contributed by atoms with Gasteiger partial charge in [0, 0.05) is 6.54 Å². The second kappa shape index (κ2) is 5.49. The summed E-state index contributed by atoms with van der Waals surface area (Å²) in [5.41, 5.74) is 5.42. The third-order valence-electron chi connectivity index (χ3n) is 4.58. The minimum atomic E-state index is -0.903. The van der Waals surface area contributed by atoms with Crippen molar-refractivity contribution in [3.8, 4) is 0 Å². The summed E-state index contributed by atoms with van der Waals surface area (Å²) in [4.78, 5) is 25.5. The van der Waals surface area contributed by atoms with E-state index in [1.54, 1.807) is 0 Å². The second-order valence-corrected chi connectivity index (χ2v) is 6.20. The first-order valence-corrected chi connectivity index (χ1v) is 7.27. The normalized spacial score (nSPS) is 30.9. The van der Waals surface area contributed by atoms with Gasteiger partial charge in [0.25, 0.3) is 0 Å². The smallest absolute Gasteiger partial charge is 0.326 e. The van der Waals surface area contributed by atoms with Crippen LogP contribution >= 0.6 is 0 Å². The van der Waals surface area contributed by atoms with Gasteiger partial charge in [0.15, 0.2) is 0 Å². The molecule has 0 spiro atoms. The maximum absolute atomic E-state index is 12.6. The van der Waals surface area contributed by atoms with E-state index in [0.717, 1.165) is 25.7 Å². The van der Waals surface area contributed by atoms with E-state index >= 15 is 0 Å². The largest absolute Gasteiger partial charge is 0.480 e. The molecular weight excluding hydrogens is 244 g/mol. The lowest BCUT2D eigenvalue weighted by Gasteiger charge is -2.42. The second-order valence-electron chi connectivity index (χ2n) is 6.20. The average Bonchev–Trinajstić information content (AvgIpc) is 2.38. The van der Waals surface area contributed by atoms with E-state index in [9.17, 15) is 14.7 Å². The highest BCUT2D eigenvalue weighted by Gasteiger charge is 2.43. The predicted octanol–water partition coefficient (Wildman–Crippen LogP) is 1.36. The summed E-state index contributed by atoms with van der Waals surface area (Å²) in [6, 6.07) is -0.696. The van der Waals surface area contributed by atoms with Crippen molar-refractivity contribution < 1.29 is 14.7 Å². The van der Waals surface area contributed by atoms with Crippen LogP contribution in [0.3, 0.4) is 0 Å². The Kier molecular flexibility index (Phi) is 4.13. The molecule has 2 unspecified atom stereocenters. The van der Waals surface area contributed by atoms with E-state index in [4.69, 9.17) is 5.73 Å². The van der Waals surface area contributed by atoms with Crippen LogP contribution in [0.4, 0.5) is 0 Å². The number of piperidine rings is 1. The van der Waals surface area contributed by atoms with Gasteiger partial charge in [-0.05, 0) is 31.6 Å². The first kappa shape index (κ1) is 14.3. The highest BCUT2D eigenvalue weighted by atomic mass is 16.4. The minimum absolute atomic E-state index is 0.147. The zero-order valence-electron chi connectivity index (χ0n) is 11.6. The van der Waals surface area contributed by atoms with E-state index in [1.165, 1.54) is 4.90 Å². The van der Waals surface area contributed by atoms with Gasteiger partial charge < -0.3 is 15.7 Å². The molecule has 108 valence electrons. The predicted molar refractivity (Wildman–Crippen MR) is 71.5 cm³/mol. The third-order valence-corrected chi connectivity index (χ3v) is 4.58. The number of nitrogens with zero attached hydrogens (tertiary/aromatic N) is 1. The molecule has 19 heavy (non-hydrogen) atoms. The molecule has 0 aromatic rings. The van der Waals surface area contributed by atoms with Gasteiger partial charge in [-0.15, -0.1) is 0 Å². The number of amides is 1. The molecule has 5 nitrogen and oxygen atoms in total. The number of hydrogen-bond acceptors (Lipinski definition) is 3. The Balaban J connectivity index is 2.14. The molecule has 2 fully saturated rings. The molecule has 3 N–H and O–H groups in total. The molecule has 5 heteroatoms. The van der Waals surface area contributed by atoms with Crippen LogP contribution in [0.5, 0.6) is 0 Å². The standard InChI is InChI=1S/C14H24N2O3/c1-10-5-8-16(11(9-10)12(17)18)13(19)14(15)6-3-2-4-7-14/h10-11H,2-9,15H2,1H3,(H,17,18). The summed E-state index contributed by atoms with van der Waals surface area (Å²) in [6.07, 6.45) is 5.82. The zero-order valence-corrected chi connectivity index (χ0v) is 11.6. The van der Waals surface area contributed by atoms with E-state index in [2.05, 4.69) is 0 Å². The molecule has 1 aliphatic heterocycles. The quantitative estimate of drug-likeness (QED) is 0.792. The van der Waals surface area contributed by atoms with Crippen LogP contribution in [-0.2, 0) is 9.59 Å². The SMILES string of the molecule is CC1CCN(C(=O)C2(N)CCCCC2)C(C(=O)O)C1. The Morgan fingerprint density at radius 1 is 1.26 bits per heavy atom. The van der Waals surface area contributed by atoms with E-state index in [1.807, 2.05) is 6.92 Å². The maximum Gasteiger partial charge on any atom is 0.326 e. The summed E-state index contributed by atoms with van der Waals surface area (Å²) in [7, 11) is 0. The summed E-state index contributed by atoms with van der Waals surface area (Å²) >= 11 is 0. The van der Waals surface area contributed by atoms with Crippen molar-refractivity contribution in [2.24, 2.45) is 11.7 Å². The lowest BCUT2D eigenvalue weighted by Crippen LogP contribution is -2.61. The molecule has 1 aliphatic carbocycles. The Morgan fingerprint density at radius 3 is 2.47 bits per heavy atom. The van der Waals surface area contributed by atoms with Crippen molar-refractivity contribution in [2.75, 3.05) is 6.54 Å². The van der Waals surface area contributed by atoms with Gasteiger partial charge in [-0.1, -0.05) is 26.2 Å². The number of carbonyl (C=O) groups excluding carboxylic acids is 1. The Bertz CT molecular complexity index is 364. The number of hydrogen-bond donors (Lipinski definition) is 2. The zero-order chi connectivity index (χ0) is 14.0. The van der Waals surface area contributed by atoms with E-state index < -0.39 is 17.6 Å². The van der Waals surface area contributed by atoms with Crippen LogP contribution in [0.15, 0.2) is 0 Å². The number of nitrogens with two attached hydrogens (primary N) is 1. The van der Waals surface area contributed by atoms with E-state index in [-0.39, 0.29) is 5.91 Å². The van der Waals surface area contributed by atoms with Gasteiger partial charge in [0.1, 0.15) is 6.04 Å². The van der Waals surface area contributed by atoms with E-state index in [0.29, 0.717) is 31.7 Å². The Labute approximate surface area is 114 Å². The number of carbonyl (C=O) groups is 2. The van der Waals surface area contributed by atoms with Crippen molar-refractivity contribution in [2.45, 2.75) is 63.5 Å². The van der Waals surface area contributed by atoms with Crippen LogP contribution in [0, 0.1) is 5.92 Å². The number of carboxylic acids is 1. The fourth-order valence-corrected chi connectivity index (χ4v) is 3.30. The summed E-state index contributed by atoms with van der Waals surface area (Å²) in [6.45, 7) is 2.56. The van der Waals surface area contributed by atoms with Crippen LogP contribution in [0.1, 0.15) is 51.9 Å². The molecule has 0 radical (unpaired) electrons. The number of likely N-dealkylation sites (tertiary alicyclic amines) is 1. The number of carboxylic acid groups (broad SMARTS) is 1. The van der Waals surface area contributed by atoms with Gasteiger partial charge >= 0.3 is 5.97 Å². The molecule has 1 saturated heterocycles. The fraction of sp³-hybridized carbons (Fsp3) is 0.857. The van der Waals surface area contributed by atoms with Crippen LogP contribution in [0.25, 0.3) is 0 Å². The highest BCUT2D eigenvalue weighted by molar-refractivity contribution is 5.90. The first-order valence-electron chi connectivity index (χ1n) is 7.27. The molecule has 2 aliphatic rings. The van der Waals surface area contributed by atoms with Crippen molar-refractivity contribution >= 4 is 11.9 Å². The van der Waals surface area contributed by atoms with Crippen LogP contribution in [-0.4, -0.2) is 40.0 Å². The third kappa shape index (κ3) is 2.91. The maximum atomic E-state index is 12.6. The lowest BCUT2D eigenvalue weighted by molar-refractivity contribution is -0.156. The van der Waals surface area contributed by atoms with Crippen LogP contribution < -0.4 is 5.73 Å². The summed E-state index contributed by atoms with van der Waals surface area (Å²) in [5, 5.41) is 9.32. The highest BCUT2D eigenvalue weighted by Crippen LogP contribution is 2.31. The molecular formula is C14H24N2O3. The molecule has 0 bridgehead atoms. The molecule has 0 aromatic heterocycles. The molecule has 2 atom stereocenters. The lowest BCUT2D eigenvalue weighted by atomic mass is 9.80. The molecule has 1 amide bonds. The summed E-state index contributed by atoms with van der Waals surface area (Å²) < 4.78 is 0. The van der Waals surface area contributed by atoms with Crippen LogP contribution in [0.2, 0.25) is 0 Å². The number of rotatable bonds is 2. The van der Waals surface area contributed by atoms with Gasteiger partial charge in [-0.25, -0.2) is 4.79 Å². The number of aliphatic carboxylic acids is 1.